The summed E-state index contributed by atoms with van der Waals surface area (Å²) in [5.74, 6) is 1.00. The molecule has 0 radical (unpaired) electrons. The van der Waals surface area contributed by atoms with Gasteiger partial charge in [0.1, 0.15) is 0 Å². The smallest absolute Gasteiger partial charge is 0.193 e. The van der Waals surface area contributed by atoms with E-state index in [9.17, 15) is 0 Å². The van der Waals surface area contributed by atoms with Gasteiger partial charge in [-0.25, -0.2) is 0 Å². The number of fused-ring (bicyclic) bond motifs is 1. The largest absolute Gasteiger partial charge is 0.405 e. The molecule has 1 heterocycles. The minimum absolute atomic E-state index is 0.344. The molecule has 3 atom stereocenters. The maximum absolute atomic E-state index is 6.59. The van der Waals surface area contributed by atoms with Crippen LogP contribution in [-0.2, 0) is 4.43 Å². The summed E-state index contributed by atoms with van der Waals surface area (Å²) in [4.78, 5) is 0. The van der Waals surface area contributed by atoms with E-state index < -0.39 is 8.32 Å². The highest BCUT2D eigenvalue weighted by molar-refractivity contribution is 8.00. The Morgan fingerprint density at radius 1 is 1.00 bits per heavy atom. The molecule has 0 spiro atoms. The third-order valence-corrected chi connectivity index (χ3v) is 11.4. The van der Waals surface area contributed by atoms with Crippen molar-refractivity contribution in [2.75, 3.05) is 0 Å². The Balaban J connectivity index is 1.91. The Morgan fingerprint density at radius 3 is 2.33 bits per heavy atom. The summed E-state index contributed by atoms with van der Waals surface area (Å²) in [7, 11) is -1.57. The highest BCUT2D eigenvalue weighted by Gasteiger charge is 2.41. The van der Waals surface area contributed by atoms with Crippen LogP contribution in [0.4, 0.5) is 0 Å². The molecule has 0 N–H and O–H groups in total. The topological polar surface area (TPSA) is 9.23 Å². The van der Waals surface area contributed by atoms with Gasteiger partial charge in [0.15, 0.2) is 8.32 Å². The molecular formula is C15H30OSSi. The molecule has 0 aromatic rings. The molecule has 3 heteroatoms. The third kappa shape index (κ3) is 3.34. The molecule has 2 aliphatic rings. The monoisotopic (exact) mass is 286 g/mol. The van der Waals surface area contributed by atoms with Crippen LogP contribution in [0.25, 0.3) is 0 Å². The summed E-state index contributed by atoms with van der Waals surface area (Å²) in [6.45, 7) is 11.8. The lowest BCUT2D eigenvalue weighted by atomic mass is 9.85. The van der Waals surface area contributed by atoms with E-state index in [2.05, 4.69) is 45.6 Å². The number of hydrogen-bond donors (Lipinski definition) is 0. The van der Waals surface area contributed by atoms with Gasteiger partial charge in [-0.2, -0.15) is 0 Å². The second kappa shape index (κ2) is 5.49. The predicted octanol–water partition coefficient (Wildman–Crippen LogP) is 5.42. The van der Waals surface area contributed by atoms with Gasteiger partial charge in [-0.1, -0.05) is 33.6 Å². The van der Waals surface area contributed by atoms with Gasteiger partial charge in [0.25, 0.3) is 0 Å². The fourth-order valence-electron chi connectivity index (χ4n) is 2.89. The lowest BCUT2D eigenvalue weighted by Gasteiger charge is -2.44. The van der Waals surface area contributed by atoms with Gasteiger partial charge in [0, 0.05) is 5.25 Å². The first-order valence-electron chi connectivity index (χ1n) is 7.63. The Morgan fingerprint density at radius 2 is 1.67 bits per heavy atom. The average Bonchev–Trinajstić information content (AvgIpc) is 2.27. The van der Waals surface area contributed by atoms with E-state index in [-0.39, 0.29) is 0 Å². The molecule has 1 saturated carbocycles. The molecule has 0 bridgehead atoms. The fourth-order valence-corrected chi connectivity index (χ4v) is 6.42. The van der Waals surface area contributed by atoms with Crippen molar-refractivity contribution in [1.82, 2.24) is 0 Å². The lowest BCUT2D eigenvalue weighted by Crippen LogP contribution is -2.45. The van der Waals surface area contributed by atoms with Gasteiger partial charge in [0.05, 0.1) is 5.44 Å². The molecule has 1 aliphatic heterocycles. The maximum Gasteiger partial charge on any atom is 0.193 e. The summed E-state index contributed by atoms with van der Waals surface area (Å²) in [5, 5.41) is 1.25. The first-order valence-corrected chi connectivity index (χ1v) is 11.5. The second-order valence-electron chi connectivity index (χ2n) is 7.60. The second-order valence-corrected chi connectivity index (χ2v) is 13.8. The zero-order chi connectivity index (χ0) is 13.4. The summed E-state index contributed by atoms with van der Waals surface area (Å²) < 4.78 is 6.59. The van der Waals surface area contributed by atoms with Crippen molar-refractivity contribution in [1.29, 1.82) is 0 Å². The first-order chi connectivity index (χ1) is 8.29. The SMILES string of the molecule is CC(C)(C)[Si](C)(C)O[C@@H]1CCC2CCCCC2S1. The van der Waals surface area contributed by atoms with E-state index >= 15 is 0 Å². The van der Waals surface area contributed by atoms with Crippen LogP contribution in [0.15, 0.2) is 0 Å². The van der Waals surface area contributed by atoms with Crippen molar-refractivity contribution >= 4 is 20.1 Å². The predicted molar refractivity (Wildman–Crippen MR) is 84.6 cm³/mol. The quantitative estimate of drug-likeness (QED) is 0.627. The van der Waals surface area contributed by atoms with Crippen molar-refractivity contribution in [3.63, 3.8) is 0 Å². The van der Waals surface area contributed by atoms with Crippen LogP contribution < -0.4 is 0 Å². The van der Waals surface area contributed by atoms with Gasteiger partial charge in [-0.3, -0.25) is 0 Å². The third-order valence-electron chi connectivity index (χ3n) is 5.17. The van der Waals surface area contributed by atoms with Crippen LogP contribution >= 0.6 is 11.8 Å². The van der Waals surface area contributed by atoms with Crippen molar-refractivity contribution < 1.29 is 4.43 Å². The molecular weight excluding hydrogens is 256 g/mol. The molecule has 1 saturated heterocycles. The van der Waals surface area contributed by atoms with Gasteiger partial charge >= 0.3 is 0 Å². The molecule has 0 aromatic carbocycles. The Hall–Kier alpha value is 0.527. The zero-order valence-corrected chi connectivity index (χ0v) is 14.6. The lowest BCUT2D eigenvalue weighted by molar-refractivity contribution is 0.211. The molecule has 1 aliphatic carbocycles. The van der Waals surface area contributed by atoms with Gasteiger partial charge in [-0.15, -0.1) is 11.8 Å². The Labute approximate surface area is 119 Å². The summed E-state index contributed by atoms with van der Waals surface area (Å²) >= 11 is 2.17. The minimum atomic E-state index is -1.57. The minimum Gasteiger partial charge on any atom is -0.405 e. The summed E-state index contributed by atoms with van der Waals surface area (Å²) in [5.41, 5.74) is 0.491. The summed E-state index contributed by atoms with van der Waals surface area (Å²) in [6.07, 6.45) is 8.53. The fraction of sp³-hybridized carbons (Fsp3) is 1.00. The van der Waals surface area contributed by atoms with E-state index in [4.69, 9.17) is 4.43 Å². The van der Waals surface area contributed by atoms with E-state index in [0.717, 1.165) is 11.2 Å². The van der Waals surface area contributed by atoms with E-state index in [1.165, 1.54) is 38.5 Å². The van der Waals surface area contributed by atoms with Crippen LogP contribution in [0.2, 0.25) is 18.1 Å². The van der Waals surface area contributed by atoms with Crippen LogP contribution in [0.5, 0.6) is 0 Å². The maximum atomic E-state index is 6.59. The molecule has 1 nitrogen and oxygen atoms in total. The zero-order valence-electron chi connectivity index (χ0n) is 12.8. The van der Waals surface area contributed by atoms with E-state index in [0.29, 0.717) is 10.5 Å². The van der Waals surface area contributed by atoms with Crippen LogP contribution in [0.1, 0.15) is 59.3 Å². The van der Waals surface area contributed by atoms with Gasteiger partial charge < -0.3 is 4.43 Å². The van der Waals surface area contributed by atoms with E-state index in [1.54, 1.807) is 0 Å². The Kier molecular flexibility index (Phi) is 4.55. The summed E-state index contributed by atoms with van der Waals surface area (Å²) in [6, 6.07) is 0. The van der Waals surface area contributed by atoms with Crippen molar-refractivity contribution in [3.05, 3.63) is 0 Å². The molecule has 18 heavy (non-hydrogen) atoms. The number of thioether (sulfide) groups is 1. The van der Waals surface area contributed by atoms with Gasteiger partial charge in [0.2, 0.25) is 0 Å². The average molecular weight is 287 g/mol. The van der Waals surface area contributed by atoms with Crippen molar-refractivity contribution in [3.8, 4) is 0 Å². The van der Waals surface area contributed by atoms with E-state index in [1.807, 2.05) is 0 Å². The number of hydrogen-bond acceptors (Lipinski definition) is 2. The van der Waals surface area contributed by atoms with Crippen LogP contribution in [0, 0.1) is 5.92 Å². The van der Waals surface area contributed by atoms with Crippen molar-refractivity contribution in [2.45, 2.75) is 88.1 Å². The molecule has 0 aromatic heterocycles. The molecule has 2 rings (SSSR count). The Bertz CT molecular complexity index is 285. The normalized spacial score (nSPS) is 34.2. The highest BCUT2D eigenvalue weighted by atomic mass is 32.2. The standard InChI is InChI=1S/C15H30OSSi/c1-15(2,3)18(4,5)16-14-11-10-12-8-6-7-9-13(12)17-14/h12-14H,6-11H2,1-5H3/t12?,13?,14-/m0/s1. The van der Waals surface area contributed by atoms with Gasteiger partial charge in [-0.05, 0) is 49.7 Å². The van der Waals surface area contributed by atoms with Crippen LogP contribution in [0.3, 0.4) is 0 Å². The van der Waals surface area contributed by atoms with Crippen LogP contribution in [-0.4, -0.2) is 19.0 Å². The molecule has 2 unspecified atom stereocenters. The molecule has 106 valence electrons. The molecule has 2 fully saturated rings. The van der Waals surface area contributed by atoms with Crippen molar-refractivity contribution in [2.24, 2.45) is 5.92 Å². The number of rotatable bonds is 2. The first kappa shape index (κ1) is 14.9. The highest BCUT2D eigenvalue weighted by Crippen LogP contribution is 2.47. The molecule has 0 amide bonds.